The summed E-state index contributed by atoms with van der Waals surface area (Å²) in [5.74, 6) is 0.0431. The first-order valence-corrected chi connectivity index (χ1v) is 8.05. The molecule has 1 unspecified atom stereocenters. The molecule has 0 bridgehead atoms. The highest BCUT2D eigenvalue weighted by atomic mass is 35.5. The zero-order valence-corrected chi connectivity index (χ0v) is 15.0. The minimum absolute atomic E-state index is 0. The zero-order valence-electron chi connectivity index (χ0n) is 12.5. The molecule has 1 aliphatic heterocycles. The Bertz CT molecular complexity index is 603. The van der Waals surface area contributed by atoms with Crippen LogP contribution in [-0.4, -0.2) is 35.0 Å². The van der Waals surface area contributed by atoms with Gasteiger partial charge in [-0.1, -0.05) is 6.07 Å². The van der Waals surface area contributed by atoms with Crippen molar-refractivity contribution in [2.24, 2.45) is 0 Å². The van der Waals surface area contributed by atoms with Gasteiger partial charge in [0.15, 0.2) is 0 Å². The van der Waals surface area contributed by atoms with Crippen LogP contribution >= 0.6 is 36.2 Å². The van der Waals surface area contributed by atoms with Crippen molar-refractivity contribution in [3.8, 4) is 10.7 Å². The Labute approximate surface area is 152 Å². The summed E-state index contributed by atoms with van der Waals surface area (Å²) in [7, 11) is 0. The van der Waals surface area contributed by atoms with Gasteiger partial charge < -0.3 is 10.6 Å². The summed E-state index contributed by atoms with van der Waals surface area (Å²) in [5.41, 5.74) is 1.66. The second kappa shape index (κ2) is 9.82. The molecule has 0 aromatic carbocycles. The quantitative estimate of drug-likeness (QED) is 0.862. The molecule has 126 valence electrons. The molecule has 0 saturated carbocycles. The van der Waals surface area contributed by atoms with E-state index in [1.165, 1.54) is 11.3 Å². The van der Waals surface area contributed by atoms with E-state index in [0.717, 1.165) is 42.3 Å². The molecule has 2 aromatic heterocycles. The molecular weight excluding hydrogens is 355 g/mol. The van der Waals surface area contributed by atoms with Gasteiger partial charge in [0.05, 0.1) is 17.8 Å². The number of amides is 1. The van der Waals surface area contributed by atoms with Crippen molar-refractivity contribution in [3.05, 3.63) is 35.5 Å². The van der Waals surface area contributed by atoms with Crippen LogP contribution in [0.4, 0.5) is 0 Å². The van der Waals surface area contributed by atoms with E-state index >= 15 is 0 Å². The highest BCUT2D eigenvalue weighted by Gasteiger charge is 2.16. The van der Waals surface area contributed by atoms with Gasteiger partial charge in [0.1, 0.15) is 5.01 Å². The first-order chi connectivity index (χ1) is 10.3. The van der Waals surface area contributed by atoms with Gasteiger partial charge in [0, 0.05) is 24.2 Å². The number of rotatable bonds is 4. The van der Waals surface area contributed by atoms with Gasteiger partial charge in [0.25, 0.3) is 0 Å². The number of aromatic nitrogens is 2. The summed E-state index contributed by atoms with van der Waals surface area (Å²) in [6.45, 7) is 1.91. The van der Waals surface area contributed by atoms with Gasteiger partial charge in [-0.05, 0) is 31.5 Å². The van der Waals surface area contributed by atoms with Crippen LogP contribution in [0.1, 0.15) is 18.5 Å². The number of halogens is 2. The molecule has 1 aliphatic rings. The van der Waals surface area contributed by atoms with E-state index in [1.807, 2.05) is 23.6 Å². The average Bonchev–Trinajstić information content (AvgIpc) is 2.97. The molecule has 0 spiro atoms. The van der Waals surface area contributed by atoms with Crippen LogP contribution in [0.5, 0.6) is 0 Å². The molecule has 1 amide bonds. The van der Waals surface area contributed by atoms with E-state index in [-0.39, 0.29) is 36.8 Å². The maximum atomic E-state index is 12.0. The van der Waals surface area contributed by atoms with Crippen LogP contribution in [0.15, 0.2) is 29.8 Å². The molecule has 2 N–H and O–H groups in total. The lowest BCUT2D eigenvalue weighted by Gasteiger charge is -2.23. The maximum absolute atomic E-state index is 12.0. The van der Waals surface area contributed by atoms with E-state index in [1.54, 1.807) is 6.20 Å². The monoisotopic (exact) mass is 374 g/mol. The van der Waals surface area contributed by atoms with Gasteiger partial charge in [-0.3, -0.25) is 9.78 Å². The minimum Gasteiger partial charge on any atom is -0.352 e. The van der Waals surface area contributed by atoms with E-state index in [9.17, 15) is 4.79 Å². The van der Waals surface area contributed by atoms with Crippen LogP contribution in [0, 0.1) is 0 Å². The molecule has 1 saturated heterocycles. The number of pyridine rings is 1. The first-order valence-electron chi connectivity index (χ1n) is 7.17. The summed E-state index contributed by atoms with van der Waals surface area (Å²) in [4.78, 5) is 20.8. The van der Waals surface area contributed by atoms with Crippen molar-refractivity contribution >= 4 is 42.1 Å². The number of thiazole rings is 1. The molecule has 5 nitrogen and oxygen atoms in total. The smallest absolute Gasteiger partial charge is 0.226 e. The lowest BCUT2D eigenvalue weighted by Crippen LogP contribution is -2.46. The van der Waals surface area contributed by atoms with Crippen molar-refractivity contribution < 1.29 is 4.79 Å². The number of nitrogens with one attached hydrogen (secondary N) is 2. The van der Waals surface area contributed by atoms with Gasteiger partial charge in [0.2, 0.25) is 5.91 Å². The van der Waals surface area contributed by atoms with Crippen LogP contribution in [0.3, 0.4) is 0 Å². The van der Waals surface area contributed by atoms with Gasteiger partial charge in [-0.2, -0.15) is 0 Å². The van der Waals surface area contributed by atoms with Crippen LogP contribution < -0.4 is 10.6 Å². The Morgan fingerprint density at radius 2 is 2.26 bits per heavy atom. The third kappa shape index (κ3) is 5.73. The summed E-state index contributed by atoms with van der Waals surface area (Å²) >= 11 is 1.52. The van der Waals surface area contributed by atoms with E-state index in [4.69, 9.17) is 0 Å². The number of hydrogen-bond donors (Lipinski definition) is 2. The van der Waals surface area contributed by atoms with Crippen molar-refractivity contribution in [1.82, 2.24) is 20.6 Å². The second-order valence-corrected chi connectivity index (χ2v) is 6.00. The van der Waals surface area contributed by atoms with Crippen molar-refractivity contribution in [1.29, 1.82) is 0 Å². The molecular formula is C15H20Cl2N4OS. The van der Waals surface area contributed by atoms with E-state index in [0.29, 0.717) is 6.42 Å². The third-order valence-electron chi connectivity index (χ3n) is 3.44. The predicted molar refractivity (Wildman–Crippen MR) is 97.6 cm³/mol. The Balaban J connectivity index is 0.00000132. The zero-order chi connectivity index (χ0) is 14.5. The van der Waals surface area contributed by atoms with Crippen LogP contribution in [0.25, 0.3) is 10.7 Å². The second-order valence-electron chi connectivity index (χ2n) is 5.15. The Kier molecular flexibility index (Phi) is 8.47. The van der Waals surface area contributed by atoms with E-state index < -0.39 is 0 Å². The normalized spacial score (nSPS) is 16.8. The lowest BCUT2D eigenvalue weighted by molar-refractivity contribution is -0.121. The fourth-order valence-corrected chi connectivity index (χ4v) is 3.21. The number of carbonyl (C=O) groups excluding carboxylic acids is 1. The number of piperidine rings is 1. The number of carbonyl (C=O) groups is 1. The van der Waals surface area contributed by atoms with Crippen LogP contribution in [0.2, 0.25) is 0 Å². The largest absolute Gasteiger partial charge is 0.352 e. The Hall–Kier alpha value is -1.21. The number of nitrogens with zero attached hydrogens (tertiary/aromatic N) is 2. The molecule has 0 aliphatic carbocycles. The standard InChI is InChI=1S/C15H18N4OS.2ClH/c20-14(18-11-4-3-6-16-9-11)8-12-10-21-15(19-12)13-5-1-2-7-17-13;;/h1-2,5,7,10-11,16H,3-4,6,8-9H2,(H,18,20);2*1H. The highest BCUT2D eigenvalue weighted by molar-refractivity contribution is 7.13. The fourth-order valence-electron chi connectivity index (χ4n) is 2.41. The molecule has 1 atom stereocenters. The highest BCUT2D eigenvalue weighted by Crippen LogP contribution is 2.21. The number of hydrogen-bond acceptors (Lipinski definition) is 5. The van der Waals surface area contributed by atoms with Gasteiger partial charge in [-0.25, -0.2) is 4.98 Å². The first kappa shape index (κ1) is 19.8. The summed E-state index contributed by atoms with van der Waals surface area (Å²) in [6, 6.07) is 5.99. The minimum atomic E-state index is 0. The summed E-state index contributed by atoms with van der Waals surface area (Å²) in [5, 5.41) is 9.15. The van der Waals surface area contributed by atoms with E-state index in [2.05, 4.69) is 20.6 Å². The van der Waals surface area contributed by atoms with Crippen molar-refractivity contribution in [2.45, 2.75) is 25.3 Å². The summed E-state index contributed by atoms with van der Waals surface area (Å²) in [6.07, 6.45) is 4.25. The van der Waals surface area contributed by atoms with Gasteiger partial charge in [-0.15, -0.1) is 36.2 Å². The average molecular weight is 375 g/mol. The Morgan fingerprint density at radius 1 is 1.39 bits per heavy atom. The van der Waals surface area contributed by atoms with Crippen molar-refractivity contribution in [2.75, 3.05) is 13.1 Å². The third-order valence-corrected chi connectivity index (χ3v) is 4.35. The molecule has 3 heterocycles. The summed E-state index contributed by atoms with van der Waals surface area (Å²) < 4.78 is 0. The topological polar surface area (TPSA) is 66.9 Å². The van der Waals surface area contributed by atoms with Gasteiger partial charge >= 0.3 is 0 Å². The lowest BCUT2D eigenvalue weighted by atomic mass is 10.1. The van der Waals surface area contributed by atoms with Crippen LogP contribution in [-0.2, 0) is 11.2 Å². The molecule has 23 heavy (non-hydrogen) atoms. The predicted octanol–water partition coefficient (Wildman–Crippen LogP) is 2.46. The molecule has 8 heteroatoms. The Morgan fingerprint density at radius 3 is 2.96 bits per heavy atom. The van der Waals surface area contributed by atoms with Crippen molar-refractivity contribution in [3.63, 3.8) is 0 Å². The molecule has 2 aromatic rings. The fraction of sp³-hybridized carbons (Fsp3) is 0.400. The maximum Gasteiger partial charge on any atom is 0.226 e. The molecule has 3 rings (SSSR count). The molecule has 1 fully saturated rings. The SMILES string of the molecule is Cl.Cl.O=C(Cc1csc(-c2ccccn2)n1)NC1CCCNC1. The molecule has 0 radical (unpaired) electrons.